The number of nitrogens with one attached hydrogen (secondary N) is 1. The van der Waals surface area contributed by atoms with Gasteiger partial charge in [0.1, 0.15) is 24.1 Å². The summed E-state index contributed by atoms with van der Waals surface area (Å²) in [6.45, 7) is 0.331. The van der Waals surface area contributed by atoms with E-state index < -0.39 is 11.7 Å². The maximum atomic E-state index is 13.8. The van der Waals surface area contributed by atoms with Gasteiger partial charge in [-0.25, -0.2) is 4.39 Å². The smallest absolute Gasteiger partial charge is 0.266 e. The van der Waals surface area contributed by atoms with Gasteiger partial charge < -0.3 is 14.8 Å². The minimum atomic E-state index is -0.708. The van der Waals surface area contributed by atoms with Gasteiger partial charge in [-0.2, -0.15) is 5.26 Å². The number of amides is 1. The van der Waals surface area contributed by atoms with Crippen molar-refractivity contribution in [1.29, 1.82) is 5.26 Å². The number of nitriles is 1. The molecule has 0 saturated heterocycles. The number of hydrogen-bond acceptors (Lipinski definition) is 4. The maximum absolute atomic E-state index is 13.8. The highest BCUT2D eigenvalue weighted by molar-refractivity contribution is 14.1. The van der Waals surface area contributed by atoms with Crippen molar-refractivity contribution >= 4 is 56.2 Å². The van der Waals surface area contributed by atoms with Crippen LogP contribution in [0.3, 0.4) is 0 Å². The van der Waals surface area contributed by atoms with Crippen LogP contribution >= 0.6 is 38.5 Å². The zero-order chi connectivity index (χ0) is 23.1. The number of halogens is 3. The van der Waals surface area contributed by atoms with Crippen molar-refractivity contribution in [1.82, 2.24) is 0 Å². The van der Waals surface area contributed by atoms with Crippen molar-refractivity contribution in [2.75, 3.05) is 12.4 Å². The van der Waals surface area contributed by atoms with E-state index in [0.29, 0.717) is 23.7 Å². The first-order valence-corrected chi connectivity index (χ1v) is 11.2. The number of para-hydroxylation sites is 1. The van der Waals surface area contributed by atoms with Crippen LogP contribution in [-0.4, -0.2) is 13.0 Å². The lowest BCUT2D eigenvalue weighted by molar-refractivity contribution is -0.112. The number of carbonyl (C=O) groups is 1. The number of rotatable bonds is 7. The molecule has 0 saturated carbocycles. The number of hydrogen-bond donors (Lipinski definition) is 1. The monoisotopic (exact) mass is 606 g/mol. The standard InChI is InChI=1S/C24H17BrFIN2O3/c1-31-22-12-15(10-17(13-28)24(30)29-21-9-5-4-8-19(21)26)11-20(27)23(22)32-14-16-6-2-3-7-18(16)25/h2-12H,14H2,1H3,(H,29,30)/b17-10+. The van der Waals surface area contributed by atoms with Gasteiger partial charge in [0.15, 0.2) is 11.5 Å². The van der Waals surface area contributed by atoms with Crippen molar-refractivity contribution in [2.45, 2.75) is 6.61 Å². The topological polar surface area (TPSA) is 71.3 Å². The normalized spacial score (nSPS) is 10.9. The summed E-state index contributed by atoms with van der Waals surface area (Å²) in [6, 6.07) is 18.8. The van der Waals surface area contributed by atoms with Crippen molar-refractivity contribution in [2.24, 2.45) is 0 Å². The lowest BCUT2D eigenvalue weighted by atomic mass is 10.1. The minimum absolute atomic E-state index is 0.00151. The Bertz CT molecular complexity index is 1220. The predicted molar refractivity (Wildman–Crippen MR) is 133 cm³/mol. The van der Waals surface area contributed by atoms with E-state index in [1.807, 2.05) is 30.3 Å². The summed E-state index contributed by atoms with van der Waals surface area (Å²) < 4.78 is 26.9. The molecule has 3 aromatic rings. The highest BCUT2D eigenvalue weighted by atomic mass is 127. The van der Waals surface area contributed by atoms with Crippen molar-refractivity contribution in [3.8, 4) is 17.6 Å². The lowest BCUT2D eigenvalue weighted by Gasteiger charge is -2.14. The third-order valence-corrected chi connectivity index (χ3v) is 5.95. The van der Waals surface area contributed by atoms with Gasteiger partial charge in [0.05, 0.1) is 16.4 Å². The van der Waals surface area contributed by atoms with Crippen LogP contribution < -0.4 is 14.8 Å². The number of benzene rings is 3. The van der Waals surface area contributed by atoms with Crippen LogP contribution in [0.2, 0.25) is 0 Å². The summed E-state index contributed by atoms with van der Waals surface area (Å²) in [7, 11) is 1.51. The fourth-order valence-electron chi connectivity index (χ4n) is 2.80. The van der Waals surface area contributed by atoms with E-state index in [1.165, 1.54) is 31.4 Å². The van der Waals surface area contributed by atoms with Gasteiger partial charge in [0.25, 0.3) is 5.91 Å². The fourth-order valence-corrected chi connectivity index (χ4v) is 3.98. The Morgan fingerprint density at radius 3 is 2.62 bits per heavy atom. The Labute approximate surface area is 207 Å². The van der Waals surface area contributed by atoms with Crippen molar-refractivity contribution < 1.29 is 18.7 Å². The van der Waals surface area contributed by atoms with Crippen LogP contribution in [0.25, 0.3) is 6.08 Å². The molecule has 3 aromatic carbocycles. The molecular weight excluding hydrogens is 590 g/mol. The molecule has 0 spiro atoms. The molecule has 1 amide bonds. The first-order valence-electron chi connectivity index (χ1n) is 9.34. The highest BCUT2D eigenvalue weighted by Gasteiger charge is 2.15. The molecule has 0 unspecified atom stereocenters. The maximum Gasteiger partial charge on any atom is 0.266 e. The molecule has 162 valence electrons. The second-order valence-electron chi connectivity index (χ2n) is 6.52. The van der Waals surface area contributed by atoms with E-state index in [2.05, 4.69) is 43.8 Å². The van der Waals surface area contributed by atoms with E-state index in [-0.39, 0.29) is 11.3 Å². The zero-order valence-corrected chi connectivity index (χ0v) is 20.6. The molecule has 0 atom stereocenters. The Balaban J connectivity index is 1.84. The molecule has 0 aliphatic rings. The molecule has 0 aliphatic heterocycles. The van der Waals surface area contributed by atoms with Gasteiger partial charge in [-0.3, -0.25) is 4.79 Å². The van der Waals surface area contributed by atoms with Crippen LogP contribution in [0.1, 0.15) is 11.1 Å². The average Bonchev–Trinajstić information content (AvgIpc) is 2.78. The molecule has 0 radical (unpaired) electrons. The largest absolute Gasteiger partial charge is 0.493 e. The third-order valence-electron chi connectivity index (χ3n) is 4.38. The first kappa shape index (κ1) is 23.8. The SMILES string of the molecule is COc1cc(/C=C(\C#N)C(=O)Nc2ccccc2F)cc(I)c1OCc1ccccc1Br. The molecule has 0 heterocycles. The molecule has 0 aliphatic carbocycles. The quantitative estimate of drug-likeness (QED) is 0.194. The molecule has 3 rings (SSSR count). The van der Waals surface area contributed by atoms with Gasteiger partial charge in [-0.15, -0.1) is 0 Å². The van der Waals surface area contributed by atoms with E-state index in [4.69, 9.17) is 9.47 Å². The summed E-state index contributed by atoms with van der Waals surface area (Å²) in [4.78, 5) is 12.5. The summed E-state index contributed by atoms with van der Waals surface area (Å²) in [6.07, 6.45) is 1.42. The minimum Gasteiger partial charge on any atom is -0.493 e. The van der Waals surface area contributed by atoms with Crippen LogP contribution in [0.5, 0.6) is 11.5 Å². The van der Waals surface area contributed by atoms with E-state index in [1.54, 1.807) is 18.2 Å². The molecule has 0 bridgehead atoms. The summed E-state index contributed by atoms with van der Waals surface area (Å²) in [5, 5.41) is 11.9. The van der Waals surface area contributed by atoms with Crippen LogP contribution in [-0.2, 0) is 11.4 Å². The molecular formula is C24H17BrFIN2O3. The summed E-state index contributed by atoms with van der Waals surface area (Å²) in [5.41, 5.74) is 1.38. The van der Waals surface area contributed by atoms with Gasteiger partial charge in [0.2, 0.25) is 0 Å². The zero-order valence-electron chi connectivity index (χ0n) is 16.9. The number of nitrogens with zero attached hydrogens (tertiary/aromatic N) is 1. The van der Waals surface area contributed by atoms with Gasteiger partial charge in [-0.05, 0) is 64.6 Å². The number of ether oxygens (including phenoxy) is 2. The molecule has 0 fully saturated rings. The molecule has 0 aromatic heterocycles. The summed E-state index contributed by atoms with van der Waals surface area (Å²) >= 11 is 5.61. The van der Waals surface area contributed by atoms with E-state index in [0.717, 1.165) is 13.6 Å². The number of carbonyl (C=O) groups excluding carboxylic acids is 1. The number of methoxy groups -OCH3 is 1. The predicted octanol–water partition coefficient (Wildman–Crippen LogP) is 6.33. The average molecular weight is 607 g/mol. The molecule has 1 N–H and O–H groups in total. The third kappa shape index (κ3) is 5.87. The fraction of sp³-hybridized carbons (Fsp3) is 0.0833. The summed E-state index contributed by atoms with van der Waals surface area (Å²) in [5.74, 6) is -0.279. The Morgan fingerprint density at radius 1 is 1.22 bits per heavy atom. The van der Waals surface area contributed by atoms with Crippen LogP contribution in [0.15, 0.2) is 70.7 Å². The Morgan fingerprint density at radius 2 is 1.94 bits per heavy atom. The van der Waals surface area contributed by atoms with Gasteiger partial charge in [-0.1, -0.05) is 46.3 Å². The Kier molecular flexibility index (Phi) is 8.25. The van der Waals surface area contributed by atoms with Crippen molar-refractivity contribution in [3.63, 3.8) is 0 Å². The number of anilines is 1. The van der Waals surface area contributed by atoms with Gasteiger partial charge >= 0.3 is 0 Å². The lowest BCUT2D eigenvalue weighted by Crippen LogP contribution is -2.14. The van der Waals surface area contributed by atoms with Crippen molar-refractivity contribution in [3.05, 3.63) is 91.2 Å². The Hall–Kier alpha value is -2.90. The first-order chi connectivity index (χ1) is 15.4. The van der Waals surface area contributed by atoms with Crippen LogP contribution in [0.4, 0.5) is 10.1 Å². The van der Waals surface area contributed by atoms with Gasteiger partial charge in [0, 0.05) is 10.0 Å². The second kappa shape index (κ2) is 11.1. The molecule has 5 nitrogen and oxygen atoms in total. The van der Waals surface area contributed by atoms with E-state index in [9.17, 15) is 14.4 Å². The molecule has 32 heavy (non-hydrogen) atoms. The van der Waals surface area contributed by atoms with E-state index >= 15 is 0 Å². The molecule has 8 heteroatoms. The van der Waals surface area contributed by atoms with Crippen LogP contribution in [0, 0.1) is 20.7 Å². The second-order valence-corrected chi connectivity index (χ2v) is 8.53. The highest BCUT2D eigenvalue weighted by Crippen LogP contribution is 2.35.